The summed E-state index contributed by atoms with van der Waals surface area (Å²) in [7, 11) is 0. The minimum Gasteiger partial charge on any atom is -0.311 e. The third kappa shape index (κ3) is 2.53. The van der Waals surface area contributed by atoms with E-state index < -0.39 is 0 Å². The van der Waals surface area contributed by atoms with E-state index in [1.165, 1.54) is 58.2 Å². The number of hydrogen-bond donors (Lipinski definition) is 1. The minimum atomic E-state index is 0.473. The van der Waals surface area contributed by atoms with Crippen molar-refractivity contribution in [3.05, 3.63) is 0 Å². The largest absolute Gasteiger partial charge is 0.311 e. The van der Waals surface area contributed by atoms with Crippen LogP contribution in [0.2, 0.25) is 0 Å². The molecule has 2 saturated carbocycles. The zero-order chi connectivity index (χ0) is 11.9. The summed E-state index contributed by atoms with van der Waals surface area (Å²) in [4.78, 5) is 2.84. The lowest BCUT2D eigenvalue weighted by molar-refractivity contribution is 0.0321. The van der Waals surface area contributed by atoms with E-state index in [0.717, 1.165) is 17.9 Å². The van der Waals surface area contributed by atoms with Crippen LogP contribution in [0, 0.1) is 11.8 Å². The lowest BCUT2D eigenvalue weighted by atomic mass is 9.88. The van der Waals surface area contributed by atoms with Gasteiger partial charge < -0.3 is 5.32 Å². The molecular weight excluding hydrogens is 208 g/mol. The third-order valence-corrected chi connectivity index (χ3v) is 5.37. The molecule has 1 aliphatic heterocycles. The Balaban J connectivity index is 1.63. The zero-order valence-corrected chi connectivity index (χ0v) is 11.5. The second-order valence-corrected chi connectivity index (χ2v) is 6.80. The highest BCUT2D eigenvalue weighted by atomic mass is 15.3. The van der Waals surface area contributed by atoms with E-state index in [-0.39, 0.29) is 0 Å². The topological polar surface area (TPSA) is 15.3 Å². The van der Waals surface area contributed by atoms with E-state index in [0.29, 0.717) is 5.54 Å². The van der Waals surface area contributed by atoms with Crippen molar-refractivity contribution in [1.29, 1.82) is 0 Å². The average molecular weight is 236 g/mol. The van der Waals surface area contributed by atoms with Gasteiger partial charge in [0.25, 0.3) is 0 Å². The van der Waals surface area contributed by atoms with E-state index in [2.05, 4.69) is 24.1 Å². The van der Waals surface area contributed by atoms with Crippen molar-refractivity contribution < 1.29 is 0 Å². The van der Waals surface area contributed by atoms with Gasteiger partial charge in [-0.25, -0.2) is 0 Å². The van der Waals surface area contributed by atoms with E-state index in [1.54, 1.807) is 0 Å². The van der Waals surface area contributed by atoms with E-state index in [1.807, 2.05) is 0 Å². The van der Waals surface area contributed by atoms with Crippen LogP contribution in [-0.2, 0) is 0 Å². The first-order valence-corrected chi connectivity index (χ1v) is 7.71. The Bertz CT molecular complexity index is 270. The van der Waals surface area contributed by atoms with Gasteiger partial charge in [-0.15, -0.1) is 0 Å². The molecule has 0 amide bonds. The van der Waals surface area contributed by atoms with E-state index in [4.69, 9.17) is 0 Å². The standard InChI is InChI=1S/C15H28N2/c1-3-14-10-17(9-8-12-4-5-12)15(2,11-16-14)13-6-7-13/h12-14,16H,3-11H2,1-2H3. The summed E-state index contributed by atoms with van der Waals surface area (Å²) < 4.78 is 0. The zero-order valence-electron chi connectivity index (χ0n) is 11.5. The average Bonchev–Trinajstić information content (AvgIpc) is 3.18. The molecule has 3 aliphatic rings. The molecule has 2 nitrogen and oxygen atoms in total. The molecule has 0 aromatic rings. The highest BCUT2D eigenvalue weighted by molar-refractivity contribution is 5.04. The Labute approximate surface area is 106 Å². The third-order valence-electron chi connectivity index (χ3n) is 5.37. The lowest BCUT2D eigenvalue weighted by Gasteiger charge is -2.49. The lowest BCUT2D eigenvalue weighted by Crippen LogP contribution is -2.64. The molecule has 2 aliphatic carbocycles. The smallest absolute Gasteiger partial charge is 0.0334 e. The molecule has 0 radical (unpaired) electrons. The number of nitrogens with zero attached hydrogens (tertiary/aromatic N) is 1. The quantitative estimate of drug-likeness (QED) is 0.789. The highest BCUT2D eigenvalue weighted by Crippen LogP contribution is 2.44. The molecule has 98 valence electrons. The van der Waals surface area contributed by atoms with Crippen molar-refractivity contribution in [2.75, 3.05) is 19.6 Å². The fourth-order valence-electron chi connectivity index (χ4n) is 3.47. The summed E-state index contributed by atoms with van der Waals surface area (Å²) in [6.07, 6.45) is 8.68. The van der Waals surface area contributed by atoms with E-state index >= 15 is 0 Å². The molecule has 3 rings (SSSR count). The van der Waals surface area contributed by atoms with Gasteiger partial charge in [-0.3, -0.25) is 4.90 Å². The first-order valence-electron chi connectivity index (χ1n) is 7.71. The maximum atomic E-state index is 3.77. The Morgan fingerprint density at radius 3 is 2.59 bits per heavy atom. The molecule has 2 atom stereocenters. The van der Waals surface area contributed by atoms with Gasteiger partial charge in [0.15, 0.2) is 0 Å². The van der Waals surface area contributed by atoms with Gasteiger partial charge in [0.2, 0.25) is 0 Å². The second kappa shape index (κ2) is 4.55. The predicted molar refractivity (Wildman–Crippen MR) is 72.1 cm³/mol. The maximum absolute atomic E-state index is 3.77. The molecular formula is C15H28N2. The number of nitrogens with one attached hydrogen (secondary N) is 1. The summed E-state index contributed by atoms with van der Waals surface area (Å²) in [6, 6.07) is 0.737. The molecule has 1 saturated heterocycles. The van der Waals surface area contributed by atoms with Gasteiger partial charge in [0.05, 0.1) is 0 Å². The second-order valence-electron chi connectivity index (χ2n) is 6.80. The predicted octanol–water partition coefficient (Wildman–Crippen LogP) is 2.64. The Morgan fingerprint density at radius 2 is 2.00 bits per heavy atom. The summed E-state index contributed by atoms with van der Waals surface area (Å²) >= 11 is 0. The Morgan fingerprint density at radius 1 is 1.24 bits per heavy atom. The molecule has 0 aromatic heterocycles. The Kier molecular flexibility index (Phi) is 3.20. The van der Waals surface area contributed by atoms with Crippen molar-refractivity contribution in [3.8, 4) is 0 Å². The van der Waals surface area contributed by atoms with Crippen LogP contribution in [-0.4, -0.2) is 36.1 Å². The summed E-state index contributed by atoms with van der Waals surface area (Å²) in [5.41, 5.74) is 0.473. The maximum Gasteiger partial charge on any atom is 0.0334 e. The molecule has 0 aromatic carbocycles. The van der Waals surface area contributed by atoms with Crippen LogP contribution >= 0.6 is 0 Å². The van der Waals surface area contributed by atoms with Gasteiger partial charge in [0.1, 0.15) is 0 Å². The summed E-state index contributed by atoms with van der Waals surface area (Å²) in [6.45, 7) is 8.69. The highest BCUT2D eigenvalue weighted by Gasteiger charge is 2.47. The molecule has 2 unspecified atom stereocenters. The van der Waals surface area contributed by atoms with Crippen LogP contribution in [0.25, 0.3) is 0 Å². The van der Waals surface area contributed by atoms with Crippen molar-refractivity contribution >= 4 is 0 Å². The van der Waals surface area contributed by atoms with Crippen molar-refractivity contribution in [3.63, 3.8) is 0 Å². The van der Waals surface area contributed by atoms with Crippen LogP contribution in [0.15, 0.2) is 0 Å². The van der Waals surface area contributed by atoms with Crippen molar-refractivity contribution in [2.45, 2.75) is 64.0 Å². The van der Waals surface area contributed by atoms with Crippen LogP contribution in [0.5, 0.6) is 0 Å². The van der Waals surface area contributed by atoms with Gasteiger partial charge in [-0.2, -0.15) is 0 Å². The fourth-order valence-corrected chi connectivity index (χ4v) is 3.47. The number of rotatable bonds is 5. The van der Waals surface area contributed by atoms with Crippen LogP contribution in [0.4, 0.5) is 0 Å². The monoisotopic (exact) mass is 236 g/mol. The van der Waals surface area contributed by atoms with Crippen LogP contribution in [0.1, 0.15) is 52.4 Å². The van der Waals surface area contributed by atoms with Crippen LogP contribution < -0.4 is 5.32 Å². The fraction of sp³-hybridized carbons (Fsp3) is 1.00. The van der Waals surface area contributed by atoms with Gasteiger partial charge >= 0.3 is 0 Å². The van der Waals surface area contributed by atoms with Gasteiger partial charge in [-0.1, -0.05) is 19.8 Å². The number of piperazine rings is 1. The van der Waals surface area contributed by atoms with Crippen molar-refractivity contribution in [2.24, 2.45) is 11.8 Å². The molecule has 17 heavy (non-hydrogen) atoms. The Hall–Kier alpha value is -0.0800. The SMILES string of the molecule is CCC1CN(CCC2CC2)C(C)(C2CC2)CN1. The molecule has 1 N–H and O–H groups in total. The molecule has 1 heterocycles. The summed E-state index contributed by atoms with van der Waals surface area (Å²) in [5, 5.41) is 3.77. The molecule has 0 bridgehead atoms. The van der Waals surface area contributed by atoms with E-state index in [9.17, 15) is 0 Å². The van der Waals surface area contributed by atoms with Crippen LogP contribution in [0.3, 0.4) is 0 Å². The van der Waals surface area contributed by atoms with Crippen molar-refractivity contribution in [1.82, 2.24) is 10.2 Å². The molecule has 2 heteroatoms. The van der Waals surface area contributed by atoms with Gasteiger partial charge in [0, 0.05) is 24.7 Å². The summed E-state index contributed by atoms with van der Waals surface area (Å²) in [5.74, 6) is 2.06. The number of hydrogen-bond acceptors (Lipinski definition) is 2. The first-order chi connectivity index (χ1) is 8.22. The van der Waals surface area contributed by atoms with Gasteiger partial charge in [-0.05, 0) is 51.0 Å². The first kappa shape index (κ1) is 12.0. The minimum absolute atomic E-state index is 0.473. The molecule has 3 fully saturated rings. The normalized spacial score (nSPS) is 39.5. The molecule has 0 spiro atoms.